The van der Waals surface area contributed by atoms with Crippen molar-refractivity contribution in [2.24, 2.45) is 0 Å². The van der Waals surface area contributed by atoms with E-state index in [1.165, 1.54) is 0 Å². The van der Waals surface area contributed by atoms with Gasteiger partial charge in [0.15, 0.2) is 0 Å². The number of nitrogens with zero attached hydrogens (tertiary/aromatic N) is 3. The zero-order chi connectivity index (χ0) is 13.8. The summed E-state index contributed by atoms with van der Waals surface area (Å²) in [5, 5.41) is 14.7. The van der Waals surface area contributed by atoms with Crippen LogP contribution in [0.4, 0.5) is 13.2 Å². The van der Waals surface area contributed by atoms with Crippen LogP contribution in [0, 0.1) is 0 Å². The number of nitrogens with one attached hydrogen (secondary N) is 1. The number of aryl methyl sites for hydroxylation is 1. The van der Waals surface area contributed by atoms with Gasteiger partial charge in [-0.1, -0.05) is 6.92 Å². The van der Waals surface area contributed by atoms with Crippen molar-refractivity contribution >= 4 is 5.91 Å². The van der Waals surface area contributed by atoms with Crippen LogP contribution in [-0.2, 0) is 6.42 Å². The summed E-state index contributed by atoms with van der Waals surface area (Å²) in [6.07, 6.45) is -4.05. The summed E-state index contributed by atoms with van der Waals surface area (Å²) in [6.45, 7) is -0.667. The van der Waals surface area contributed by atoms with E-state index < -0.39 is 31.8 Å². The Morgan fingerprint density at radius 3 is 2.61 bits per heavy atom. The van der Waals surface area contributed by atoms with Gasteiger partial charge in [0.05, 0.1) is 6.61 Å². The molecule has 0 unspecified atom stereocenters. The smallest absolute Gasteiger partial charge is 0.395 e. The molecule has 1 aromatic rings. The van der Waals surface area contributed by atoms with Crippen LogP contribution in [0.1, 0.15) is 23.4 Å². The Hall–Kier alpha value is -1.64. The molecule has 0 aliphatic carbocycles. The van der Waals surface area contributed by atoms with Crippen molar-refractivity contribution in [1.29, 1.82) is 0 Å². The number of halogens is 3. The van der Waals surface area contributed by atoms with Crippen molar-refractivity contribution in [2.45, 2.75) is 19.5 Å². The number of carbonyl (C=O) groups is 1. The molecule has 0 saturated heterocycles. The monoisotopic (exact) mass is 266 g/mol. The molecule has 1 rings (SSSR count). The first-order chi connectivity index (χ1) is 8.37. The van der Waals surface area contributed by atoms with E-state index in [0.717, 1.165) is 0 Å². The van der Waals surface area contributed by atoms with Gasteiger partial charge in [0, 0.05) is 13.0 Å². The second-order valence-electron chi connectivity index (χ2n) is 3.52. The number of hydrogen-bond donors (Lipinski definition) is 2. The third-order valence-electron chi connectivity index (χ3n) is 2.09. The average Bonchev–Trinajstić information content (AvgIpc) is 2.74. The average molecular weight is 266 g/mol. The third-order valence-corrected chi connectivity index (χ3v) is 2.09. The highest BCUT2D eigenvalue weighted by Gasteiger charge is 2.34. The van der Waals surface area contributed by atoms with Crippen molar-refractivity contribution in [3.63, 3.8) is 0 Å². The number of amides is 1. The first-order valence-corrected chi connectivity index (χ1v) is 5.25. The number of aliphatic hydroxyl groups is 1. The molecule has 0 fully saturated rings. The zero-order valence-corrected chi connectivity index (χ0v) is 9.66. The minimum atomic E-state index is -4.53. The maximum Gasteiger partial charge on any atom is 0.406 e. The Morgan fingerprint density at radius 2 is 2.17 bits per heavy atom. The summed E-state index contributed by atoms with van der Waals surface area (Å²) in [5.41, 5.74) is 0. The lowest BCUT2D eigenvalue weighted by atomic mass is 10.4. The first kappa shape index (κ1) is 14.4. The van der Waals surface area contributed by atoms with Crippen LogP contribution < -0.4 is 0 Å². The maximum absolute atomic E-state index is 12.3. The highest BCUT2D eigenvalue weighted by Crippen LogP contribution is 2.17. The molecule has 1 heterocycles. The van der Waals surface area contributed by atoms with Gasteiger partial charge in [-0.05, 0) is 0 Å². The minimum absolute atomic E-state index is 0.329. The highest BCUT2D eigenvalue weighted by molar-refractivity contribution is 5.90. The Kier molecular flexibility index (Phi) is 4.65. The fourth-order valence-corrected chi connectivity index (χ4v) is 1.28. The Bertz CT molecular complexity index is 405. The second kappa shape index (κ2) is 5.80. The van der Waals surface area contributed by atoms with E-state index >= 15 is 0 Å². The molecular formula is C9H13F3N4O2. The molecule has 1 aromatic heterocycles. The fourth-order valence-electron chi connectivity index (χ4n) is 1.28. The molecule has 6 nitrogen and oxygen atoms in total. The Labute approximate surface area is 101 Å². The predicted octanol–water partition coefficient (Wildman–Crippen LogP) is 0.364. The Morgan fingerprint density at radius 1 is 1.50 bits per heavy atom. The fraction of sp³-hybridized carbons (Fsp3) is 0.667. The van der Waals surface area contributed by atoms with Crippen LogP contribution in [0.3, 0.4) is 0 Å². The summed E-state index contributed by atoms with van der Waals surface area (Å²) < 4.78 is 36.8. The number of aromatic nitrogens is 3. The zero-order valence-electron chi connectivity index (χ0n) is 9.66. The van der Waals surface area contributed by atoms with E-state index in [2.05, 4.69) is 15.2 Å². The van der Waals surface area contributed by atoms with Crippen molar-refractivity contribution in [3.8, 4) is 0 Å². The summed E-state index contributed by atoms with van der Waals surface area (Å²) in [6, 6.07) is 0. The van der Waals surface area contributed by atoms with Gasteiger partial charge in [0.2, 0.25) is 5.82 Å². The number of carbonyl (C=O) groups excluding carboxylic acids is 1. The van der Waals surface area contributed by atoms with E-state index in [1.807, 2.05) is 0 Å². The molecule has 1 amide bonds. The van der Waals surface area contributed by atoms with Crippen LogP contribution >= 0.6 is 0 Å². The lowest BCUT2D eigenvalue weighted by Crippen LogP contribution is -2.41. The second-order valence-corrected chi connectivity index (χ2v) is 3.52. The number of alkyl halides is 3. The number of aromatic amines is 1. The molecular weight excluding hydrogens is 253 g/mol. The van der Waals surface area contributed by atoms with E-state index in [0.29, 0.717) is 17.1 Å². The molecule has 0 aromatic carbocycles. The largest absolute Gasteiger partial charge is 0.406 e. The quantitative estimate of drug-likeness (QED) is 0.806. The highest BCUT2D eigenvalue weighted by atomic mass is 19.4. The summed E-state index contributed by atoms with van der Waals surface area (Å²) in [7, 11) is 0. The number of hydrogen-bond acceptors (Lipinski definition) is 4. The molecule has 0 spiro atoms. The van der Waals surface area contributed by atoms with Crippen molar-refractivity contribution < 1.29 is 23.1 Å². The molecule has 2 N–H and O–H groups in total. The standard InChI is InChI=1S/C9H13F3N4O2/c1-2-6-13-7(15-14-6)8(18)16(3-4-17)5-9(10,11)12/h17H,2-5H2,1H3,(H,13,14,15). The number of rotatable bonds is 5. The first-order valence-electron chi connectivity index (χ1n) is 5.25. The molecule has 0 aliphatic rings. The van der Waals surface area contributed by atoms with Crippen LogP contribution in [0.25, 0.3) is 0 Å². The van der Waals surface area contributed by atoms with E-state index in [-0.39, 0.29) is 5.82 Å². The van der Waals surface area contributed by atoms with Crippen molar-refractivity contribution in [3.05, 3.63) is 11.6 Å². The van der Waals surface area contributed by atoms with Gasteiger partial charge in [-0.2, -0.15) is 13.2 Å². The Balaban J connectivity index is 2.81. The molecule has 102 valence electrons. The van der Waals surface area contributed by atoms with Crippen molar-refractivity contribution in [2.75, 3.05) is 19.7 Å². The van der Waals surface area contributed by atoms with Gasteiger partial charge in [-0.15, -0.1) is 5.10 Å². The maximum atomic E-state index is 12.3. The van der Waals surface area contributed by atoms with E-state index in [1.54, 1.807) is 6.92 Å². The number of aliphatic hydroxyl groups excluding tert-OH is 1. The van der Waals surface area contributed by atoms with E-state index in [9.17, 15) is 18.0 Å². The van der Waals surface area contributed by atoms with Crippen LogP contribution in [-0.4, -0.2) is 57.0 Å². The SMILES string of the molecule is CCc1nc(C(=O)N(CCO)CC(F)(F)F)n[nH]1. The lowest BCUT2D eigenvalue weighted by Gasteiger charge is -2.21. The topological polar surface area (TPSA) is 82.1 Å². The molecule has 18 heavy (non-hydrogen) atoms. The minimum Gasteiger partial charge on any atom is -0.395 e. The van der Waals surface area contributed by atoms with Gasteiger partial charge in [-0.25, -0.2) is 4.98 Å². The van der Waals surface area contributed by atoms with Crippen LogP contribution in [0.2, 0.25) is 0 Å². The van der Waals surface area contributed by atoms with Crippen LogP contribution in [0.5, 0.6) is 0 Å². The summed E-state index contributed by atoms with van der Waals surface area (Å²) in [5.74, 6) is -0.879. The molecule has 0 saturated carbocycles. The van der Waals surface area contributed by atoms with E-state index in [4.69, 9.17) is 5.11 Å². The lowest BCUT2D eigenvalue weighted by molar-refractivity contribution is -0.141. The van der Waals surface area contributed by atoms with Crippen molar-refractivity contribution in [1.82, 2.24) is 20.1 Å². The van der Waals surface area contributed by atoms with Gasteiger partial charge in [0.25, 0.3) is 5.91 Å². The molecule has 0 atom stereocenters. The molecule has 9 heteroatoms. The van der Waals surface area contributed by atoms with Gasteiger partial charge >= 0.3 is 6.18 Å². The molecule has 0 aliphatic heterocycles. The third kappa shape index (κ3) is 3.99. The van der Waals surface area contributed by atoms with Gasteiger partial charge < -0.3 is 10.0 Å². The van der Waals surface area contributed by atoms with Crippen LogP contribution in [0.15, 0.2) is 0 Å². The summed E-state index contributed by atoms with van der Waals surface area (Å²) >= 11 is 0. The molecule has 0 radical (unpaired) electrons. The van der Waals surface area contributed by atoms with Gasteiger partial charge in [0.1, 0.15) is 12.4 Å². The predicted molar refractivity (Wildman–Crippen MR) is 54.8 cm³/mol. The molecule has 0 bridgehead atoms. The van der Waals surface area contributed by atoms with Gasteiger partial charge in [-0.3, -0.25) is 9.89 Å². The normalized spacial score (nSPS) is 11.6. The number of H-pyrrole nitrogens is 1. The summed E-state index contributed by atoms with van der Waals surface area (Å²) in [4.78, 5) is 15.9.